The minimum absolute atomic E-state index is 0.0188. The van der Waals surface area contributed by atoms with Crippen LogP contribution in [0.5, 0.6) is 5.75 Å². The molecule has 2 aromatic heterocycles. The maximum absolute atomic E-state index is 13.0. The number of nitrogens with one attached hydrogen (secondary N) is 2. The van der Waals surface area contributed by atoms with Crippen LogP contribution in [-0.2, 0) is 12.7 Å². The summed E-state index contributed by atoms with van der Waals surface area (Å²) in [6, 6.07) is 6.03. The summed E-state index contributed by atoms with van der Waals surface area (Å²) in [6.07, 6.45) is -3.71. The Bertz CT molecular complexity index is 1150. The van der Waals surface area contributed by atoms with Gasteiger partial charge in [0.15, 0.2) is 0 Å². The second-order valence-electron chi connectivity index (χ2n) is 5.85. The van der Waals surface area contributed by atoms with Crippen LogP contribution in [0.1, 0.15) is 20.8 Å². The van der Waals surface area contributed by atoms with Gasteiger partial charge in [0.25, 0.3) is 11.5 Å². The van der Waals surface area contributed by atoms with Crippen molar-refractivity contribution in [2.24, 2.45) is 0 Å². The predicted molar refractivity (Wildman–Crippen MR) is 101 cm³/mol. The molecule has 29 heavy (non-hydrogen) atoms. The molecule has 0 bridgehead atoms. The van der Waals surface area contributed by atoms with Crippen LogP contribution in [0.3, 0.4) is 0 Å². The lowest BCUT2D eigenvalue weighted by Crippen LogP contribution is -2.39. The Labute approximate surface area is 165 Å². The molecule has 0 saturated carbocycles. The molecule has 2 heterocycles. The average Bonchev–Trinajstić information content (AvgIpc) is 3.17. The van der Waals surface area contributed by atoms with E-state index in [2.05, 4.69) is 10.3 Å². The van der Waals surface area contributed by atoms with Crippen molar-refractivity contribution >= 4 is 22.9 Å². The summed E-state index contributed by atoms with van der Waals surface area (Å²) in [5.74, 6) is -1.00. The van der Waals surface area contributed by atoms with E-state index >= 15 is 0 Å². The molecule has 0 fully saturated rings. The first-order valence-corrected chi connectivity index (χ1v) is 9.00. The van der Waals surface area contributed by atoms with Crippen LogP contribution in [0.15, 0.2) is 51.5 Å². The number of carbonyl (C=O) groups is 1. The first-order valence-electron chi connectivity index (χ1n) is 8.12. The van der Waals surface area contributed by atoms with Crippen molar-refractivity contribution in [3.63, 3.8) is 0 Å². The predicted octanol–water partition coefficient (Wildman–Crippen LogP) is 2.93. The van der Waals surface area contributed by atoms with E-state index in [0.717, 1.165) is 27.8 Å². The molecule has 0 aliphatic carbocycles. The molecule has 7 nitrogen and oxygen atoms in total. The summed E-state index contributed by atoms with van der Waals surface area (Å²) in [6.45, 7) is -0.0418. The number of rotatable bonds is 5. The zero-order valence-corrected chi connectivity index (χ0v) is 15.7. The van der Waals surface area contributed by atoms with E-state index in [0.29, 0.717) is 6.07 Å². The molecule has 11 heteroatoms. The standard InChI is InChI=1S/C18H14F3N3O4S/c1-28-14-5-4-10(18(19,20)21)7-13(14)23-15(25)12-8-22-17(27)24(16(12)26)9-11-3-2-6-29-11/h2-8H,9H2,1H3,(H,22,27)(H,23,25). The lowest BCUT2D eigenvalue weighted by atomic mass is 10.1. The van der Waals surface area contributed by atoms with Gasteiger partial charge in [-0.15, -0.1) is 11.3 Å². The van der Waals surface area contributed by atoms with E-state index in [1.54, 1.807) is 17.5 Å². The van der Waals surface area contributed by atoms with Crippen molar-refractivity contribution in [1.29, 1.82) is 0 Å². The number of benzene rings is 1. The normalized spacial score (nSPS) is 11.3. The van der Waals surface area contributed by atoms with Crippen LogP contribution in [0.4, 0.5) is 18.9 Å². The fourth-order valence-corrected chi connectivity index (χ4v) is 3.24. The molecule has 0 unspecified atom stereocenters. The van der Waals surface area contributed by atoms with E-state index in [9.17, 15) is 27.6 Å². The van der Waals surface area contributed by atoms with Crippen molar-refractivity contribution in [1.82, 2.24) is 9.55 Å². The van der Waals surface area contributed by atoms with Gasteiger partial charge in [-0.25, -0.2) is 4.79 Å². The smallest absolute Gasteiger partial charge is 0.416 e. The zero-order chi connectivity index (χ0) is 21.2. The van der Waals surface area contributed by atoms with E-state index in [1.165, 1.54) is 18.4 Å². The molecule has 0 atom stereocenters. The zero-order valence-electron chi connectivity index (χ0n) is 14.9. The first-order chi connectivity index (χ1) is 13.7. The minimum atomic E-state index is -4.63. The van der Waals surface area contributed by atoms with Crippen molar-refractivity contribution in [3.05, 3.63) is 78.8 Å². The number of halogens is 3. The number of ether oxygens (including phenoxy) is 1. The number of aromatic amines is 1. The lowest BCUT2D eigenvalue weighted by molar-refractivity contribution is -0.137. The van der Waals surface area contributed by atoms with Crippen LogP contribution >= 0.6 is 11.3 Å². The largest absolute Gasteiger partial charge is 0.495 e. The van der Waals surface area contributed by atoms with Gasteiger partial charge < -0.3 is 15.0 Å². The Morgan fingerprint density at radius 2 is 2.03 bits per heavy atom. The summed E-state index contributed by atoms with van der Waals surface area (Å²) in [7, 11) is 1.23. The molecule has 0 radical (unpaired) electrons. The van der Waals surface area contributed by atoms with Gasteiger partial charge in [0.05, 0.1) is 24.9 Å². The minimum Gasteiger partial charge on any atom is -0.495 e. The van der Waals surface area contributed by atoms with Gasteiger partial charge in [0.2, 0.25) is 0 Å². The summed E-state index contributed by atoms with van der Waals surface area (Å²) in [4.78, 5) is 40.2. The lowest BCUT2D eigenvalue weighted by Gasteiger charge is -2.14. The van der Waals surface area contributed by atoms with E-state index in [-0.39, 0.29) is 18.0 Å². The Balaban J connectivity index is 1.96. The molecule has 0 aliphatic heterocycles. The van der Waals surface area contributed by atoms with E-state index < -0.39 is 34.5 Å². The molecule has 3 aromatic rings. The fraction of sp³-hybridized carbons (Fsp3) is 0.167. The number of carbonyl (C=O) groups excluding carboxylic acids is 1. The molecule has 3 rings (SSSR count). The molecule has 2 N–H and O–H groups in total. The van der Waals surface area contributed by atoms with Gasteiger partial charge in [-0.2, -0.15) is 13.2 Å². The quantitative estimate of drug-likeness (QED) is 0.658. The van der Waals surface area contributed by atoms with Gasteiger partial charge in [-0.1, -0.05) is 6.07 Å². The molecule has 1 amide bonds. The molecule has 1 aromatic carbocycles. The highest BCUT2D eigenvalue weighted by atomic mass is 32.1. The molecule has 0 aliphatic rings. The number of hydrogen-bond acceptors (Lipinski definition) is 5. The van der Waals surface area contributed by atoms with Gasteiger partial charge in [0, 0.05) is 11.1 Å². The number of amides is 1. The Hall–Kier alpha value is -3.34. The molecule has 0 saturated heterocycles. The summed E-state index contributed by atoms with van der Waals surface area (Å²) >= 11 is 1.32. The number of methoxy groups -OCH3 is 1. The van der Waals surface area contributed by atoms with Crippen molar-refractivity contribution in [2.75, 3.05) is 12.4 Å². The molecule has 152 valence electrons. The van der Waals surface area contributed by atoms with Crippen LogP contribution in [0, 0.1) is 0 Å². The van der Waals surface area contributed by atoms with Crippen molar-refractivity contribution in [2.45, 2.75) is 12.7 Å². The van der Waals surface area contributed by atoms with Gasteiger partial charge >= 0.3 is 11.9 Å². The number of anilines is 1. The number of hydrogen-bond donors (Lipinski definition) is 2. The van der Waals surface area contributed by atoms with Crippen LogP contribution in [0.2, 0.25) is 0 Å². The first kappa shape index (κ1) is 20.4. The van der Waals surface area contributed by atoms with Crippen LogP contribution < -0.4 is 21.3 Å². The molecule has 0 spiro atoms. The maximum Gasteiger partial charge on any atom is 0.416 e. The Morgan fingerprint density at radius 3 is 2.66 bits per heavy atom. The molecular weight excluding hydrogens is 411 g/mol. The second-order valence-corrected chi connectivity index (χ2v) is 6.88. The monoisotopic (exact) mass is 425 g/mol. The Morgan fingerprint density at radius 1 is 1.28 bits per heavy atom. The third-order valence-electron chi connectivity index (χ3n) is 3.97. The Kier molecular flexibility index (Phi) is 5.59. The van der Waals surface area contributed by atoms with Crippen LogP contribution in [0.25, 0.3) is 0 Å². The maximum atomic E-state index is 13.0. The van der Waals surface area contributed by atoms with Gasteiger partial charge in [-0.3, -0.25) is 14.2 Å². The number of thiophene rings is 1. The highest BCUT2D eigenvalue weighted by Crippen LogP contribution is 2.35. The van der Waals surface area contributed by atoms with Crippen LogP contribution in [-0.4, -0.2) is 22.6 Å². The third kappa shape index (κ3) is 4.40. The SMILES string of the molecule is COc1ccc(C(F)(F)F)cc1NC(=O)c1c[nH]c(=O)n(Cc2cccs2)c1=O. The van der Waals surface area contributed by atoms with Gasteiger partial charge in [0.1, 0.15) is 11.3 Å². The summed E-state index contributed by atoms with van der Waals surface area (Å²) < 4.78 is 44.7. The van der Waals surface area contributed by atoms with E-state index in [4.69, 9.17) is 4.74 Å². The van der Waals surface area contributed by atoms with E-state index in [1.807, 2.05) is 0 Å². The summed E-state index contributed by atoms with van der Waals surface area (Å²) in [5, 5.41) is 4.01. The van der Waals surface area contributed by atoms with Crippen molar-refractivity contribution < 1.29 is 22.7 Å². The average molecular weight is 425 g/mol. The fourth-order valence-electron chi connectivity index (χ4n) is 2.55. The van der Waals surface area contributed by atoms with Crippen molar-refractivity contribution in [3.8, 4) is 5.75 Å². The summed E-state index contributed by atoms with van der Waals surface area (Å²) in [5.41, 5.74) is -3.27. The number of aromatic nitrogens is 2. The third-order valence-corrected chi connectivity index (χ3v) is 4.84. The topological polar surface area (TPSA) is 93.2 Å². The van der Waals surface area contributed by atoms with Gasteiger partial charge in [-0.05, 0) is 29.6 Å². The highest BCUT2D eigenvalue weighted by molar-refractivity contribution is 7.09. The molecular formula is C18H14F3N3O4S. The number of H-pyrrole nitrogens is 1. The number of alkyl halides is 3. The second kappa shape index (κ2) is 7.95. The number of nitrogens with zero attached hydrogens (tertiary/aromatic N) is 1. The highest BCUT2D eigenvalue weighted by Gasteiger charge is 2.31.